The van der Waals surface area contributed by atoms with Crippen LogP contribution in [0.3, 0.4) is 0 Å². The molecule has 0 radical (unpaired) electrons. The number of para-hydroxylation sites is 2. The Morgan fingerprint density at radius 2 is 0.852 bits per heavy atom. The van der Waals surface area contributed by atoms with Gasteiger partial charge in [-0.1, -0.05) is 41.9 Å². The van der Waals surface area contributed by atoms with Gasteiger partial charge in [-0.05, 0) is 93.1 Å². The van der Waals surface area contributed by atoms with Gasteiger partial charge in [-0.2, -0.15) is 10.2 Å². The molecule has 0 bridgehead atoms. The van der Waals surface area contributed by atoms with Gasteiger partial charge in [0.25, 0.3) is 0 Å². The number of nitrogens with zero attached hydrogens (tertiary/aromatic N) is 14. The summed E-state index contributed by atoms with van der Waals surface area (Å²) in [6, 6.07) is 15.8. The average molecular weight is 1510 g/mol. The third-order valence-electron chi connectivity index (χ3n) is 17.6. The Balaban J connectivity index is 0.000000249. The molecule has 36 nitrogen and oxygen atoms in total. The van der Waals surface area contributed by atoms with Gasteiger partial charge in [0.15, 0.2) is 11.6 Å². The first-order valence-corrected chi connectivity index (χ1v) is 36.3. The monoisotopic (exact) mass is 1510 g/mol. The summed E-state index contributed by atoms with van der Waals surface area (Å²) in [6.45, 7) is 13.0. The second-order valence-electron chi connectivity index (χ2n) is 24.7. The van der Waals surface area contributed by atoms with Crippen LogP contribution >= 0.6 is 0 Å². The van der Waals surface area contributed by atoms with E-state index in [1.54, 1.807) is 18.7 Å². The summed E-state index contributed by atoms with van der Waals surface area (Å²) in [5.74, 6) is 3.47. The fraction of sp³-hybridized carbons (Fsp3) is 0.611. The van der Waals surface area contributed by atoms with E-state index in [4.69, 9.17) is 105 Å². The van der Waals surface area contributed by atoms with Crippen molar-refractivity contribution in [1.29, 1.82) is 0 Å². The highest BCUT2D eigenvalue weighted by atomic mass is 16.6. The number of carbonyl (C=O) groups is 2. The molecule has 10 rings (SSSR count). The minimum atomic E-state index is -0.722. The van der Waals surface area contributed by atoms with Crippen molar-refractivity contribution in [3.05, 3.63) is 93.7 Å². The highest BCUT2D eigenvalue weighted by molar-refractivity contribution is 5.95. The molecule has 9 N–H and O–H groups in total. The Labute approximate surface area is 627 Å². The molecule has 6 aromatic heterocycles. The number of methoxy groups -OCH3 is 2. The van der Waals surface area contributed by atoms with Gasteiger partial charge >= 0.3 is 5.97 Å². The summed E-state index contributed by atoms with van der Waals surface area (Å²) in [6.07, 6.45) is 10.2. The van der Waals surface area contributed by atoms with E-state index in [0.29, 0.717) is 244 Å². The highest BCUT2D eigenvalue weighted by Gasteiger charge is 2.33. The standard InChI is InChI=1S/C36H51N9O8.C21H22N6O3.C14H30N4O6.CH4/c1-47-31-6-2-4-28-24-29(42-32(28)31)33-34-35(37)39-25-41-45(34)36(43-33)27-9-7-26(8-10-27)30(46)5-3-12-48-14-16-50-18-20-52-22-23-53-21-19-51-17-15-49-13-11-40-44-38;1-30-15-4-2-3-13-9-14(25-16(13)15)17-18-19(22)23-10-24-27(18)20(26-17)11-5-7-12(8-6-11)21(28)29;15-1-3-19-5-7-21-9-11-23-13-14-24-12-10-22-8-6-20-4-2-17-18-16;/h2,4,6,24-27,42H,3,5,7-23H2,1H3,(H2,37,39,41);2-4,9-12,25H,5-8H2,1H3,(H,28,29)(H2,22,23,24);1-15H2;1H4. The number of nitrogens with two attached hydrogens (primary N) is 3. The van der Waals surface area contributed by atoms with E-state index in [2.05, 4.69) is 50.2 Å². The van der Waals surface area contributed by atoms with Crippen molar-refractivity contribution in [1.82, 2.24) is 49.1 Å². The van der Waals surface area contributed by atoms with Gasteiger partial charge in [-0.25, -0.2) is 29.0 Å². The van der Waals surface area contributed by atoms with E-state index in [1.807, 2.05) is 53.0 Å². The lowest BCUT2D eigenvalue weighted by Gasteiger charge is -2.26. The first-order chi connectivity index (χ1) is 52.6. The number of aromatic amines is 2. The number of carboxylic acids is 1. The quantitative estimate of drug-likeness (QED) is 0.00895. The van der Waals surface area contributed by atoms with Gasteiger partial charge in [0.05, 0.1) is 195 Å². The molecule has 0 atom stereocenters. The maximum absolute atomic E-state index is 13.0. The van der Waals surface area contributed by atoms with Crippen molar-refractivity contribution in [2.45, 2.75) is 83.5 Å². The number of imidazole rings is 2. The van der Waals surface area contributed by atoms with E-state index in [9.17, 15) is 14.7 Å². The van der Waals surface area contributed by atoms with Crippen molar-refractivity contribution >= 4 is 56.2 Å². The lowest BCUT2D eigenvalue weighted by molar-refractivity contribution is -0.142. The van der Waals surface area contributed by atoms with Gasteiger partial charge in [-0.3, -0.25) is 9.59 Å². The average Bonchev–Trinajstić information content (AvgIpc) is 1.61. The van der Waals surface area contributed by atoms with Gasteiger partial charge in [0.2, 0.25) is 0 Å². The fourth-order valence-electron chi connectivity index (χ4n) is 12.3. The molecule has 2 aliphatic rings. The highest BCUT2D eigenvalue weighted by Crippen LogP contribution is 2.42. The van der Waals surface area contributed by atoms with Gasteiger partial charge in [-0.15, -0.1) is 0 Å². The number of H-pyrrole nitrogens is 2. The lowest BCUT2D eigenvalue weighted by atomic mass is 9.79. The number of aliphatic carboxylic acids is 1. The summed E-state index contributed by atoms with van der Waals surface area (Å²) < 4.78 is 79.0. The van der Waals surface area contributed by atoms with E-state index < -0.39 is 5.97 Å². The molecule has 0 spiro atoms. The maximum atomic E-state index is 13.0. The summed E-state index contributed by atoms with van der Waals surface area (Å²) in [4.78, 5) is 54.9. The molecule has 0 unspecified atom stereocenters. The number of benzene rings is 2. The number of nitrogens with one attached hydrogen (secondary N) is 2. The molecule has 36 heteroatoms. The number of ether oxygens (including phenoxy) is 14. The number of aromatic nitrogens is 10. The van der Waals surface area contributed by atoms with Crippen molar-refractivity contribution in [2.75, 3.05) is 204 Å². The maximum Gasteiger partial charge on any atom is 0.306 e. The smallest absolute Gasteiger partial charge is 0.306 e. The van der Waals surface area contributed by atoms with Crippen molar-refractivity contribution in [3.63, 3.8) is 0 Å². The van der Waals surface area contributed by atoms with Crippen molar-refractivity contribution in [2.24, 2.45) is 27.8 Å². The number of anilines is 2. The Kier molecular flexibility index (Phi) is 39.9. The third kappa shape index (κ3) is 27.6. The van der Waals surface area contributed by atoms with E-state index in [-0.39, 0.29) is 31.1 Å². The zero-order valence-electron chi connectivity index (χ0n) is 61.2. The van der Waals surface area contributed by atoms with E-state index >= 15 is 0 Å². The zero-order valence-corrected chi connectivity index (χ0v) is 61.2. The number of fused-ring (bicyclic) bond motifs is 4. The van der Waals surface area contributed by atoms with Crippen LogP contribution in [-0.4, -0.2) is 258 Å². The topological polar surface area (TPSA) is 477 Å². The summed E-state index contributed by atoms with van der Waals surface area (Å²) in [7, 11) is 3.29. The van der Waals surface area contributed by atoms with Crippen LogP contribution < -0.4 is 26.7 Å². The third-order valence-corrected chi connectivity index (χ3v) is 17.6. The van der Waals surface area contributed by atoms with Crippen LogP contribution in [0.2, 0.25) is 0 Å². The Morgan fingerprint density at radius 1 is 0.509 bits per heavy atom. The molecule has 2 aromatic carbocycles. The van der Waals surface area contributed by atoms with E-state index in [0.717, 1.165) is 94.9 Å². The number of azide groups is 2. The molecule has 592 valence electrons. The molecule has 2 fully saturated rings. The van der Waals surface area contributed by atoms with Gasteiger partial charge < -0.3 is 98.6 Å². The molecule has 6 heterocycles. The summed E-state index contributed by atoms with van der Waals surface area (Å²) in [5.41, 5.74) is 40.2. The molecule has 0 amide bonds. The molecule has 8 aromatic rings. The molecule has 108 heavy (non-hydrogen) atoms. The normalized spacial score (nSPS) is 15.6. The molecule has 2 saturated carbocycles. The van der Waals surface area contributed by atoms with Crippen molar-refractivity contribution < 1.29 is 81.0 Å². The van der Waals surface area contributed by atoms with Gasteiger partial charge in [0.1, 0.15) is 64.0 Å². The minimum absolute atomic E-state index is 0. The number of hydrogen-bond acceptors (Lipinski definition) is 27. The van der Waals surface area contributed by atoms with E-state index in [1.165, 1.54) is 12.7 Å². The molecular weight excluding hydrogens is 1400 g/mol. The minimum Gasteiger partial charge on any atom is -0.495 e. The number of carboxylic acid groups (broad SMARTS) is 1. The van der Waals surface area contributed by atoms with Crippen LogP contribution in [0.4, 0.5) is 11.6 Å². The predicted molar refractivity (Wildman–Crippen MR) is 403 cm³/mol. The molecule has 0 aliphatic heterocycles. The van der Waals surface area contributed by atoms with Crippen LogP contribution in [0.25, 0.3) is 76.5 Å². The van der Waals surface area contributed by atoms with Crippen LogP contribution in [-0.2, 0) is 66.4 Å². The molecule has 2 aliphatic carbocycles. The van der Waals surface area contributed by atoms with Gasteiger partial charge in [0, 0.05) is 71.0 Å². The second-order valence-corrected chi connectivity index (χ2v) is 24.7. The number of carbonyl (C=O) groups excluding carboxylic acids is 1. The number of rotatable bonds is 50. The van der Waals surface area contributed by atoms with Crippen molar-refractivity contribution in [3.8, 4) is 34.3 Å². The molecule has 0 saturated heterocycles. The predicted octanol–water partition coefficient (Wildman–Crippen LogP) is 9.11. The second kappa shape index (κ2) is 49.9. The largest absolute Gasteiger partial charge is 0.495 e. The number of nitrogen functional groups attached to an aromatic ring is 2. The first kappa shape index (κ1) is 86.3. The van der Waals surface area contributed by atoms with Crippen LogP contribution in [0, 0.1) is 11.8 Å². The zero-order chi connectivity index (χ0) is 75.5. The lowest BCUT2D eigenvalue weighted by Crippen LogP contribution is -2.22. The SMILES string of the molecule is C.COc1cccc2cc(-c3nc(C4CCC(C(=O)CCCOCCOCCOCCOCCOCCOCCN=[N+]=[N-])CC4)n4ncnc(N)c34)[nH]c12.COc1cccc2cc(-c3nc(C4CCC(C(=O)O)CC4)n4ncnc(N)c34)[nH]c12.[N-]=[N+]=NCCOCCOCCOCCOCCOCCOCCN. The van der Waals surface area contributed by atoms with Crippen LogP contribution in [0.15, 0.2) is 71.4 Å². The summed E-state index contributed by atoms with van der Waals surface area (Å²) in [5, 5.41) is 27.0. The number of Topliss-reactive ketones (excluding diaryl/α,β-unsaturated/α-hetero) is 1. The van der Waals surface area contributed by atoms with Crippen LogP contribution in [0.1, 0.15) is 95.1 Å². The Hall–Kier alpha value is -8.94. The number of ketones is 1. The Morgan fingerprint density at radius 3 is 1.19 bits per heavy atom. The molecular formula is C72H107N19O17. The van der Waals surface area contributed by atoms with Crippen LogP contribution in [0.5, 0.6) is 11.5 Å². The summed E-state index contributed by atoms with van der Waals surface area (Å²) >= 11 is 0. The number of hydrogen-bond donors (Lipinski definition) is 6. The Bertz CT molecular complexity index is 4000. The fourth-order valence-corrected chi connectivity index (χ4v) is 12.3. The first-order valence-electron chi connectivity index (χ1n) is 36.3.